The summed E-state index contributed by atoms with van der Waals surface area (Å²) < 4.78 is 12.9. The van der Waals surface area contributed by atoms with Gasteiger partial charge in [0, 0.05) is 44.2 Å². The number of halogens is 1. The predicted molar refractivity (Wildman–Crippen MR) is 75.6 cm³/mol. The summed E-state index contributed by atoms with van der Waals surface area (Å²) >= 11 is 0. The Kier molecular flexibility index (Phi) is 4.25. The van der Waals surface area contributed by atoms with Crippen LogP contribution in [0.5, 0.6) is 0 Å². The summed E-state index contributed by atoms with van der Waals surface area (Å²) in [5.74, 6) is -0.633. The summed E-state index contributed by atoms with van der Waals surface area (Å²) in [7, 11) is 0. The molecule has 1 aliphatic rings. The van der Waals surface area contributed by atoms with Crippen LogP contribution in [0.4, 0.5) is 4.39 Å². The molecule has 1 unspecified atom stereocenters. The van der Waals surface area contributed by atoms with Crippen LogP contribution in [0.1, 0.15) is 32.3 Å². The fourth-order valence-corrected chi connectivity index (χ4v) is 2.61. The zero-order valence-corrected chi connectivity index (χ0v) is 12.2. The third-order valence-electron chi connectivity index (χ3n) is 4.28. The van der Waals surface area contributed by atoms with Gasteiger partial charge in [-0.1, -0.05) is 12.1 Å². The average molecular weight is 294 g/mol. The molecule has 0 saturated carbocycles. The molecule has 0 aliphatic carbocycles. The monoisotopic (exact) mass is 294 g/mol. The Balaban J connectivity index is 2.00. The molecule has 1 aliphatic heterocycles. The highest BCUT2D eigenvalue weighted by atomic mass is 19.1. The number of amides is 1. The second kappa shape index (κ2) is 5.79. The standard InChI is InChI=1S/C15H19FN2O3/c1-15(2,18(20)21)12-7-8-17(14(19)9-12)10-11-3-5-13(16)6-4-11/h3-6,12H,7-10H2,1-2H3. The van der Waals surface area contributed by atoms with E-state index in [1.165, 1.54) is 12.1 Å². The van der Waals surface area contributed by atoms with Gasteiger partial charge in [0.15, 0.2) is 0 Å². The molecule has 1 aromatic carbocycles. The summed E-state index contributed by atoms with van der Waals surface area (Å²) in [6, 6.07) is 6.02. The Bertz CT molecular complexity index is 542. The topological polar surface area (TPSA) is 63.5 Å². The van der Waals surface area contributed by atoms with E-state index in [0.717, 1.165) is 5.56 Å². The molecule has 1 fully saturated rings. The van der Waals surface area contributed by atoms with Crippen LogP contribution >= 0.6 is 0 Å². The van der Waals surface area contributed by atoms with E-state index in [4.69, 9.17) is 0 Å². The second-order valence-corrected chi connectivity index (χ2v) is 6.04. The summed E-state index contributed by atoms with van der Waals surface area (Å²) in [5, 5.41) is 11.1. The number of benzene rings is 1. The van der Waals surface area contributed by atoms with Crippen molar-refractivity contribution in [3.8, 4) is 0 Å². The quantitative estimate of drug-likeness (QED) is 0.633. The van der Waals surface area contributed by atoms with Gasteiger partial charge in [0.2, 0.25) is 11.4 Å². The van der Waals surface area contributed by atoms with Gasteiger partial charge >= 0.3 is 0 Å². The molecule has 2 rings (SSSR count). The molecule has 21 heavy (non-hydrogen) atoms. The van der Waals surface area contributed by atoms with Gasteiger partial charge < -0.3 is 4.90 Å². The molecule has 1 saturated heterocycles. The Morgan fingerprint density at radius 1 is 1.38 bits per heavy atom. The number of likely N-dealkylation sites (tertiary alicyclic amines) is 1. The highest BCUT2D eigenvalue weighted by Gasteiger charge is 2.44. The van der Waals surface area contributed by atoms with Gasteiger partial charge in [-0.3, -0.25) is 14.9 Å². The Labute approximate surface area is 122 Å². The summed E-state index contributed by atoms with van der Waals surface area (Å²) in [4.78, 5) is 24.6. The van der Waals surface area contributed by atoms with Gasteiger partial charge in [0.05, 0.1) is 0 Å². The van der Waals surface area contributed by atoms with Crippen molar-refractivity contribution in [2.45, 2.75) is 38.8 Å². The van der Waals surface area contributed by atoms with Gasteiger partial charge in [-0.15, -0.1) is 0 Å². The van der Waals surface area contributed by atoms with Gasteiger partial charge in [-0.2, -0.15) is 0 Å². The van der Waals surface area contributed by atoms with Gasteiger partial charge in [-0.05, 0) is 24.1 Å². The van der Waals surface area contributed by atoms with Crippen molar-refractivity contribution in [2.24, 2.45) is 5.92 Å². The van der Waals surface area contributed by atoms with Crippen molar-refractivity contribution in [2.75, 3.05) is 6.54 Å². The second-order valence-electron chi connectivity index (χ2n) is 6.04. The largest absolute Gasteiger partial charge is 0.338 e. The van der Waals surface area contributed by atoms with Crippen LogP contribution < -0.4 is 0 Å². The molecular weight excluding hydrogens is 275 g/mol. The maximum atomic E-state index is 12.9. The van der Waals surface area contributed by atoms with Crippen LogP contribution in [0, 0.1) is 21.8 Å². The molecule has 1 aromatic rings. The smallest absolute Gasteiger partial charge is 0.223 e. The van der Waals surface area contributed by atoms with Crippen molar-refractivity contribution in [3.63, 3.8) is 0 Å². The minimum atomic E-state index is -1.09. The van der Waals surface area contributed by atoms with E-state index in [-0.39, 0.29) is 29.0 Å². The van der Waals surface area contributed by atoms with Crippen LogP contribution in [0.25, 0.3) is 0 Å². The Morgan fingerprint density at radius 3 is 2.52 bits per heavy atom. The molecule has 1 heterocycles. The molecular formula is C15H19FN2O3. The molecule has 114 valence electrons. The van der Waals surface area contributed by atoms with Crippen molar-refractivity contribution in [1.82, 2.24) is 4.90 Å². The van der Waals surface area contributed by atoms with Crippen LogP contribution in [0.2, 0.25) is 0 Å². The summed E-state index contributed by atoms with van der Waals surface area (Å²) in [6.07, 6.45) is 0.802. The third-order valence-corrected chi connectivity index (χ3v) is 4.28. The third kappa shape index (κ3) is 3.37. The van der Waals surface area contributed by atoms with Crippen molar-refractivity contribution >= 4 is 5.91 Å². The highest BCUT2D eigenvalue weighted by molar-refractivity contribution is 5.77. The number of piperidine rings is 1. The number of hydrogen-bond acceptors (Lipinski definition) is 3. The van der Waals surface area contributed by atoms with Crippen LogP contribution in [-0.4, -0.2) is 27.8 Å². The van der Waals surface area contributed by atoms with E-state index in [9.17, 15) is 19.3 Å². The lowest BCUT2D eigenvalue weighted by Crippen LogP contribution is -2.48. The zero-order chi connectivity index (χ0) is 15.6. The number of carbonyl (C=O) groups is 1. The van der Waals surface area contributed by atoms with Crippen molar-refractivity contribution < 1.29 is 14.1 Å². The maximum absolute atomic E-state index is 12.9. The maximum Gasteiger partial charge on any atom is 0.223 e. The van der Waals surface area contributed by atoms with Crippen LogP contribution in [0.15, 0.2) is 24.3 Å². The Hall–Kier alpha value is -1.98. The van der Waals surface area contributed by atoms with Crippen molar-refractivity contribution in [1.29, 1.82) is 0 Å². The fraction of sp³-hybridized carbons (Fsp3) is 0.533. The SMILES string of the molecule is CC(C)(C1CCN(Cc2ccc(F)cc2)C(=O)C1)[N+](=O)[O-]. The number of nitro groups is 1. The van der Waals surface area contributed by atoms with E-state index in [1.54, 1.807) is 30.9 Å². The summed E-state index contributed by atoms with van der Waals surface area (Å²) in [6.45, 7) is 4.06. The molecule has 1 amide bonds. The molecule has 0 spiro atoms. The first-order valence-corrected chi connectivity index (χ1v) is 6.97. The Morgan fingerprint density at radius 2 is 2.00 bits per heavy atom. The first-order valence-electron chi connectivity index (χ1n) is 6.97. The normalized spacial score (nSPS) is 19.7. The molecule has 5 nitrogen and oxygen atoms in total. The first kappa shape index (κ1) is 15.4. The minimum absolute atomic E-state index is 0.0782. The predicted octanol–water partition coefficient (Wildman–Crippen LogP) is 2.62. The molecule has 0 bridgehead atoms. The molecule has 0 radical (unpaired) electrons. The molecule has 0 N–H and O–H groups in total. The fourth-order valence-electron chi connectivity index (χ4n) is 2.61. The van der Waals surface area contributed by atoms with Crippen molar-refractivity contribution in [3.05, 3.63) is 45.8 Å². The number of rotatable bonds is 4. The summed E-state index contributed by atoms with van der Waals surface area (Å²) in [5.41, 5.74) is -0.228. The van der Waals surface area contributed by atoms with Gasteiger partial charge in [0.1, 0.15) is 5.82 Å². The van der Waals surface area contributed by atoms with E-state index in [2.05, 4.69) is 0 Å². The van der Waals surface area contributed by atoms with Gasteiger partial charge in [0.25, 0.3) is 0 Å². The zero-order valence-electron chi connectivity index (χ0n) is 12.2. The van der Waals surface area contributed by atoms with E-state index >= 15 is 0 Å². The molecule has 1 atom stereocenters. The first-order chi connectivity index (χ1) is 9.80. The lowest BCUT2D eigenvalue weighted by molar-refractivity contribution is -0.571. The number of carbonyl (C=O) groups excluding carboxylic acids is 1. The number of hydrogen-bond donors (Lipinski definition) is 0. The van der Waals surface area contributed by atoms with Gasteiger partial charge in [-0.25, -0.2) is 4.39 Å². The van der Waals surface area contributed by atoms with Crippen LogP contribution in [-0.2, 0) is 11.3 Å². The van der Waals surface area contributed by atoms with E-state index in [1.807, 2.05) is 0 Å². The lowest BCUT2D eigenvalue weighted by atomic mass is 9.80. The highest BCUT2D eigenvalue weighted by Crippen LogP contribution is 2.31. The molecule has 6 heteroatoms. The van der Waals surface area contributed by atoms with E-state index < -0.39 is 5.54 Å². The molecule has 0 aromatic heterocycles. The van der Waals surface area contributed by atoms with Crippen LogP contribution in [0.3, 0.4) is 0 Å². The average Bonchev–Trinajstić information content (AvgIpc) is 2.43. The van der Waals surface area contributed by atoms with E-state index in [0.29, 0.717) is 19.5 Å². The number of nitrogens with zero attached hydrogens (tertiary/aromatic N) is 2. The lowest BCUT2D eigenvalue weighted by Gasteiger charge is -2.35. The minimum Gasteiger partial charge on any atom is -0.338 e.